The molecule has 86 valence electrons. The van der Waals surface area contributed by atoms with Crippen LogP contribution in [0, 0.1) is 0 Å². The number of halogens is 1. The topological polar surface area (TPSA) is 50.8 Å². The van der Waals surface area contributed by atoms with Crippen molar-refractivity contribution in [3.63, 3.8) is 0 Å². The number of aromatic nitrogens is 3. The summed E-state index contributed by atoms with van der Waals surface area (Å²) in [4.78, 5) is 4.05. The van der Waals surface area contributed by atoms with Gasteiger partial charge in [0.1, 0.15) is 6.61 Å². The maximum absolute atomic E-state index is 6.16. The van der Waals surface area contributed by atoms with Crippen LogP contribution in [0.15, 0.2) is 29.2 Å². The van der Waals surface area contributed by atoms with Crippen LogP contribution >= 0.6 is 22.9 Å². The highest BCUT2D eigenvalue weighted by Crippen LogP contribution is 2.24. The highest BCUT2D eigenvalue weighted by molar-refractivity contribution is 7.07. The Morgan fingerprint density at radius 1 is 1.41 bits per heavy atom. The van der Waals surface area contributed by atoms with Gasteiger partial charge in [0.25, 0.3) is 0 Å². The Morgan fingerprint density at radius 2 is 2.35 bits per heavy atom. The molecular formula is C11H8ClN3OS. The zero-order valence-electron chi connectivity index (χ0n) is 8.68. The van der Waals surface area contributed by atoms with Gasteiger partial charge in [0.2, 0.25) is 5.88 Å². The number of nitrogens with zero attached hydrogens (tertiary/aromatic N) is 2. The van der Waals surface area contributed by atoms with E-state index in [0.717, 1.165) is 16.5 Å². The molecule has 3 rings (SSSR count). The maximum atomic E-state index is 6.16. The van der Waals surface area contributed by atoms with Crippen LogP contribution in [0.4, 0.5) is 0 Å². The fraction of sp³-hybridized carbons (Fsp3) is 0.0909. The minimum atomic E-state index is 0.400. The monoisotopic (exact) mass is 265 g/mol. The fourth-order valence-corrected chi connectivity index (χ4v) is 2.24. The molecule has 0 saturated carbocycles. The van der Waals surface area contributed by atoms with Crippen molar-refractivity contribution in [2.45, 2.75) is 6.61 Å². The molecule has 4 nitrogen and oxygen atoms in total. The normalized spacial score (nSPS) is 10.9. The van der Waals surface area contributed by atoms with Crippen LogP contribution in [-0.2, 0) is 6.61 Å². The Morgan fingerprint density at radius 3 is 3.18 bits per heavy atom. The van der Waals surface area contributed by atoms with Crippen LogP contribution in [0.2, 0.25) is 5.02 Å². The lowest BCUT2D eigenvalue weighted by molar-refractivity contribution is 0.296. The number of hydrogen-bond acceptors (Lipinski definition) is 4. The minimum Gasteiger partial charge on any atom is -0.472 e. The van der Waals surface area contributed by atoms with Crippen LogP contribution in [0.1, 0.15) is 5.56 Å². The standard InChI is InChI=1S/C11H8ClN3OS/c12-9-1-7-3-14-15-10(7)2-8(9)4-16-11-5-17-6-13-11/h1-3,5-6H,4H2,(H,14,15). The SMILES string of the molecule is Clc1cc2cn[nH]c2cc1COc1cscn1. The summed E-state index contributed by atoms with van der Waals surface area (Å²) in [6.45, 7) is 0.400. The van der Waals surface area contributed by atoms with Gasteiger partial charge in [-0.1, -0.05) is 11.6 Å². The second-order valence-electron chi connectivity index (χ2n) is 3.52. The van der Waals surface area contributed by atoms with Crippen molar-refractivity contribution >= 4 is 33.8 Å². The summed E-state index contributed by atoms with van der Waals surface area (Å²) in [7, 11) is 0. The molecule has 0 aliphatic heterocycles. The first-order valence-corrected chi connectivity index (χ1v) is 6.27. The molecule has 0 aliphatic rings. The zero-order valence-corrected chi connectivity index (χ0v) is 10.3. The van der Waals surface area contributed by atoms with Gasteiger partial charge in [0.15, 0.2) is 0 Å². The Bertz CT molecular complexity index is 635. The van der Waals surface area contributed by atoms with Crippen molar-refractivity contribution in [3.05, 3.63) is 39.8 Å². The van der Waals surface area contributed by atoms with Crippen molar-refractivity contribution in [1.29, 1.82) is 0 Å². The van der Waals surface area contributed by atoms with Crippen molar-refractivity contribution in [3.8, 4) is 5.88 Å². The second-order valence-corrected chi connectivity index (χ2v) is 4.64. The number of ether oxygens (including phenoxy) is 1. The molecule has 0 spiro atoms. The number of nitrogens with one attached hydrogen (secondary N) is 1. The molecule has 0 bridgehead atoms. The highest BCUT2D eigenvalue weighted by Gasteiger charge is 2.06. The summed E-state index contributed by atoms with van der Waals surface area (Å²) in [5.74, 6) is 0.621. The first kappa shape index (κ1) is 10.6. The average molecular weight is 266 g/mol. The van der Waals surface area contributed by atoms with E-state index in [1.807, 2.05) is 17.5 Å². The zero-order chi connectivity index (χ0) is 11.7. The van der Waals surface area contributed by atoms with Gasteiger partial charge in [0.05, 0.1) is 22.6 Å². The van der Waals surface area contributed by atoms with E-state index in [4.69, 9.17) is 16.3 Å². The van der Waals surface area contributed by atoms with Crippen LogP contribution in [0.3, 0.4) is 0 Å². The van der Waals surface area contributed by atoms with E-state index in [-0.39, 0.29) is 0 Å². The van der Waals surface area contributed by atoms with Crippen molar-refractivity contribution in [1.82, 2.24) is 15.2 Å². The maximum Gasteiger partial charge on any atom is 0.224 e. The molecule has 0 amide bonds. The van der Waals surface area contributed by atoms with Gasteiger partial charge >= 0.3 is 0 Å². The van der Waals surface area contributed by atoms with Crippen molar-refractivity contribution in [2.24, 2.45) is 0 Å². The number of fused-ring (bicyclic) bond motifs is 1. The molecule has 0 radical (unpaired) electrons. The number of aromatic amines is 1. The minimum absolute atomic E-state index is 0.400. The van der Waals surface area contributed by atoms with Crippen LogP contribution in [0.5, 0.6) is 5.88 Å². The highest BCUT2D eigenvalue weighted by atomic mass is 35.5. The second kappa shape index (κ2) is 4.35. The lowest BCUT2D eigenvalue weighted by atomic mass is 10.2. The van der Waals surface area contributed by atoms with E-state index in [0.29, 0.717) is 17.5 Å². The molecule has 0 aliphatic carbocycles. The summed E-state index contributed by atoms with van der Waals surface area (Å²) in [6, 6.07) is 3.82. The molecule has 0 atom stereocenters. The van der Waals surface area contributed by atoms with Gasteiger partial charge < -0.3 is 4.74 Å². The Kier molecular flexibility index (Phi) is 2.70. The number of benzene rings is 1. The van der Waals surface area contributed by atoms with E-state index in [9.17, 15) is 0 Å². The molecule has 1 aromatic carbocycles. The molecule has 17 heavy (non-hydrogen) atoms. The molecular weight excluding hydrogens is 258 g/mol. The largest absolute Gasteiger partial charge is 0.472 e. The predicted octanol–water partition coefficient (Wildman–Crippen LogP) is 3.25. The molecule has 2 heterocycles. The third kappa shape index (κ3) is 2.11. The van der Waals surface area contributed by atoms with Crippen LogP contribution in [-0.4, -0.2) is 15.2 Å². The lowest BCUT2D eigenvalue weighted by Crippen LogP contribution is -1.96. The molecule has 0 saturated heterocycles. The Hall–Kier alpha value is -1.59. The smallest absolute Gasteiger partial charge is 0.224 e. The lowest BCUT2D eigenvalue weighted by Gasteiger charge is -2.05. The van der Waals surface area contributed by atoms with E-state index >= 15 is 0 Å². The van der Waals surface area contributed by atoms with E-state index in [1.54, 1.807) is 11.7 Å². The van der Waals surface area contributed by atoms with Crippen molar-refractivity contribution in [2.75, 3.05) is 0 Å². The third-order valence-corrected chi connectivity index (χ3v) is 3.31. The van der Waals surface area contributed by atoms with Gasteiger partial charge in [-0.25, -0.2) is 4.98 Å². The average Bonchev–Trinajstić information content (AvgIpc) is 2.95. The van der Waals surface area contributed by atoms with Crippen molar-refractivity contribution < 1.29 is 4.74 Å². The van der Waals surface area contributed by atoms with Gasteiger partial charge in [-0.2, -0.15) is 5.10 Å². The van der Waals surface area contributed by atoms with Crippen LogP contribution in [0.25, 0.3) is 10.9 Å². The van der Waals surface area contributed by atoms with Gasteiger partial charge in [-0.05, 0) is 12.1 Å². The summed E-state index contributed by atoms with van der Waals surface area (Å²) < 4.78 is 5.52. The first-order valence-electron chi connectivity index (χ1n) is 4.95. The Balaban J connectivity index is 1.86. The molecule has 0 unspecified atom stereocenters. The van der Waals surface area contributed by atoms with Gasteiger partial charge in [-0.15, -0.1) is 11.3 Å². The molecule has 3 aromatic rings. The van der Waals surface area contributed by atoms with E-state index in [1.165, 1.54) is 11.3 Å². The summed E-state index contributed by atoms with van der Waals surface area (Å²) in [5, 5.41) is 10.4. The number of H-pyrrole nitrogens is 1. The number of thiazole rings is 1. The summed E-state index contributed by atoms with van der Waals surface area (Å²) in [5.41, 5.74) is 3.59. The molecule has 2 aromatic heterocycles. The number of rotatable bonds is 3. The number of hydrogen-bond donors (Lipinski definition) is 1. The van der Waals surface area contributed by atoms with E-state index < -0.39 is 0 Å². The quantitative estimate of drug-likeness (QED) is 0.791. The fourth-order valence-electron chi connectivity index (χ4n) is 1.54. The third-order valence-electron chi connectivity index (χ3n) is 2.39. The Labute approximate surface area is 106 Å². The molecule has 1 N–H and O–H groups in total. The van der Waals surface area contributed by atoms with E-state index in [2.05, 4.69) is 15.2 Å². The molecule has 0 fully saturated rings. The summed E-state index contributed by atoms with van der Waals surface area (Å²) in [6.07, 6.45) is 1.74. The summed E-state index contributed by atoms with van der Waals surface area (Å²) >= 11 is 7.66. The van der Waals surface area contributed by atoms with Crippen LogP contribution < -0.4 is 4.74 Å². The predicted molar refractivity (Wildman–Crippen MR) is 67.5 cm³/mol. The first-order chi connectivity index (χ1) is 8.33. The molecule has 6 heteroatoms. The van der Waals surface area contributed by atoms with Gasteiger partial charge in [-0.3, -0.25) is 5.10 Å². The van der Waals surface area contributed by atoms with Gasteiger partial charge in [0, 0.05) is 16.0 Å².